The largest absolute Gasteiger partial charge is 0.355 e. The van der Waals surface area contributed by atoms with Crippen LogP contribution in [0.15, 0.2) is 12.4 Å². The van der Waals surface area contributed by atoms with Crippen molar-refractivity contribution in [2.45, 2.75) is 18.7 Å². The molecule has 1 fully saturated rings. The first-order chi connectivity index (χ1) is 8.69. The van der Waals surface area contributed by atoms with Crippen LogP contribution in [0.4, 0.5) is 5.82 Å². The third-order valence-corrected chi connectivity index (χ3v) is 3.64. The number of hydrogen-bond donors (Lipinski definition) is 0. The van der Waals surface area contributed by atoms with Gasteiger partial charge in [-0.25, -0.2) is 4.98 Å². The lowest BCUT2D eigenvalue weighted by molar-refractivity contribution is 0.284. The van der Waals surface area contributed by atoms with Gasteiger partial charge in [0.25, 0.3) is 0 Å². The van der Waals surface area contributed by atoms with Crippen molar-refractivity contribution < 1.29 is 0 Å². The lowest BCUT2D eigenvalue weighted by Gasteiger charge is -2.33. The maximum absolute atomic E-state index is 5.79. The highest BCUT2D eigenvalue weighted by Gasteiger charge is 2.20. The van der Waals surface area contributed by atoms with Crippen LogP contribution in [0.1, 0.15) is 18.5 Å². The highest BCUT2D eigenvalue weighted by Crippen LogP contribution is 2.22. The molecule has 1 saturated heterocycles. The van der Waals surface area contributed by atoms with Gasteiger partial charge in [0.15, 0.2) is 0 Å². The molecule has 1 aliphatic heterocycles. The molecule has 4 nitrogen and oxygen atoms in total. The molecule has 0 unspecified atom stereocenters. The first-order valence-electron chi connectivity index (χ1n) is 6.45. The summed E-state index contributed by atoms with van der Waals surface area (Å²) >= 11 is 5.79. The minimum absolute atomic E-state index is 0.429. The number of hydrogen-bond acceptors (Lipinski definition) is 4. The number of rotatable bonds is 4. The summed E-state index contributed by atoms with van der Waals surface area (Å²) in [5, 5.41) is 0. The van der Waals surface area contributed by atoms with Gasteiger partial charge < -0.3 is 9.80 Å². The van der Waals surface area contributed by atoms with E-state index < -0.39 is 0 Å². The SMILES string of the molecule is CN(C)CC1CCN(c2cncc(CCl)n2)CC1. The minimum Gasteiger partial charge on any atom is -0.355 e. The molecule has 1 aliphatic rings. The van der Waals surface area contributed by atoms with Gasteiger partial charge in [0.05, 0.1) is 17.8 Å². The maximum Gasteiger partial charge on any atom is 0.147 e. The van der Waals surface area contributed by atoms with Gasteiger partial charge >= 0.3 is 0 Å². The van der Waals surface area contributed by atoms with Crippen molar-refractivity contribution in [3.8, 4) is 0 Å². The molecule has 0 saturated carbocycles. The first kappa shape index (κ1) is 13.6. The summed E-state index contributed by atoms with van der Waals surface area (Å²) in [5.74, 6) is 2.20. The summed E-state index contributed by atoms with van der Waals surface area (Å²) in [6.07, 6.45) is 6.02. The second-order valence-corrected chi connectivity index (χ2v) is 5.46. The summed E-state index contributed by atoms with van der Waals surface area (Å²) in [5.41, 5.74) is 0.851. The zero-order valence-corrected chi connectivity index (χ0v) is 11.9. The Bertz CT molecular complexity index is 375. The number of aromatic nitrogens is 2. The lowest BCUT2D eigenvalue weighted by Crippen LogP contribution is -2.37. The fourth-order valence-corrected chi connectivity index (χ4v) is 2.60. The quantitative estimate of drug-likeness (QED) is 0.782. The fourth-order valence-electron chi connectivity index (χ4n) is 2.47. The zero-order valence-electron chi connectivity index (χ0n) is 11.1. The fraction of sp³-hybridized carbons (Fsp3) is 0.692. The van der Waals surface area contributed by atoms with E-state index >= 15 is 0 Å². The van der Waals surface area contributed by atoms with Crippen molar-refractivity contribution in [3.63, 3.8) is 0 Å². The Morgan fingerprint density at radius 2 is 2.06 bits per heavy atom. The van der Waals surface area contributed by atoms with E-state index in [-0.39, 0.29) is 0 Å². The van der Waals surface area contributed by atoms with Gasteiger partial charge in [0.2, 0.25) is 0 Å². The van der Waals surface area contributed by atoms with E-state index in [1.807, 2.05) is 6.20 Å². The van der Waals surface area contributed by atoms with Crippen molar-refractivity contribution in [2.75, 3.05) is 38.6 Å². The van der Waals surface area contributed by atoms with Crippen LogP contribution >= 0.6 is 11.6 Å². The number of alkyl halides is 1. The molecule has 2 rings (SSSR count). The summed E-state index contributed by atoms with van der Waals surface area (Å²) in [6, 6.07) is 0. The second-order valence-electron chi connectivity index (χ2n) is 5.19. The molecule has 18 heavy (non-hydrogen) atoms. The molecule has 0 bridgehead atoms. The van der Waals surface area contributed by atoms with E-state index in [2.05, 4.69) is 33.9 Å². The van der Waals surface area contributed by atoms with Crippen molar-refractivity contribution in [1.82, 2.24) is 14.9 Å². The number of anilines is 1. The molecule has 1 aromatic heterocycles. The summed E-state index contributed by atoms with van der Waals surface area (Å²) in [6.45, 7) is 3.32. The average molecular weight is 269 g/mol. The molecule has 0 aliphatic carbocycles. The molecule has 1 aromatic rings. The third kappa shape index (κ3) is 3.56. The van der Waals surface area contributed by atoms with Gasteiger partial charge in [0.1, 0.15) is 5.82 Å². The Morgan fingerprint density at radius 3 is 2.67 bits per heavy atom. The van der Waals surface area contributed by atoms with E-state index in [1.165, 1.54) is 19.4 Å². The van der Waals surface area contributed by atoms with Gasteiger partial charge in [-0.3, -0.25) is 4.98 Å². The molecule has 0 spiro atoms. The summed E-state index contributed by atoms with van der Waals surface area (Å²) in [4.78, 5) is 13.3. The Hall–Kier alpha value is -0.870. The molecule has 2 heterocycles. The van der Waals surface area contributed by atoms with Gasteiger partial charge in [-0.05, 0) is 32.9 Å². The van der Waals surface area contributed by atoms with E-state index in [9.17, 15) is 0 Å². The molecular formula is C13H21ClN4. The summed E-state index contributed by atoms with van der Waals surface area (Å²) in [7, 11) is 4.28. The van der Waals surface area contributed by atoms with Crippen molar-refractivity contribution in [2.24, 2.45) is 5.92 Å². The molecule has 5 heteroatoms. The van der Waals surface area contributed by atoms with E-state index in [0.717, 1.165) is 30.5 Å². The van der Waals surface area contributed by atoms with E-state index in [1.54, 1.807) is 6.20 Å². The number of halogens is 1. The van der Waals surface area contributed by atoms with Gasteiger partial charge in [-0.1, -0.05) is 0 Å². The monoisotopic (exact) mass is 268 g/mol. The Balaban J connectivity index is 1.92. The van der Waals surface area contributed by atoms with E-state index in [4.69, 9.17) is 11.6 Å². The van der Waals surface area contributed by atoms with Gasteiger partial charge in [0, 0.05) is 25.8 Å². The molecule has 0 aromatic carbocycles. The Kier molecular flexibility index (Phi) is 4.78. The Labute approximate surface area is 114 Å². The molecule has 0 radical (unpaired) electrons. The predicted molar refractivity (Wildman–Crippen MR) is 75.1 cm³/mol. The summed E-state index contributed by atoms with van der Waals surface area (Å²) < 4.78 is 0. The zero-order chi connectivity index (χ0) is 13.0. The van der Waals surface area contributed by atoms with E-state index in [0.29, 0.717) is 5.88 Å². The van der Waals surface area contributed by atoms with Crippen LogP contribution in [0.2, 0.25) is 0 Å². The number of nitrogens with zero attached hydrogens (tertiary/aromatic N) is 4. The number of piperidine rings is 1. The van der Waals surface area contributed by atoms with Crippen LogP contribution in [-0.2, 0) is 5.88 Å². The molecule has 100 valence electrons. The Morgan fingerprint density at radius 1 is 1.33 bits per heavy atom. The predicted octanol–water partition coefficient (Wildman–Crippen LogP) is 1.99. The van der Waals surface area contributed by atoms with Crippen LogP contribution in [0.25, 0.3) is 0 Å². The van der Waals surface area contributed by atoms with Crippen LogP contribution < -0.4 is 4.90 Å². The van der Waals surface area contributed by atoms with Crippen molar-refractivity contribution in [3.05, 3.63) is 18.1 Å². The smallest absolute Gasteiger partial charge is 0.147 e. The first-order valence-corrected chi connectivity index (χ1v) is 6.99. The normalized spacial score (nSPS) is 17.4. The van der Waals surface area contributed by atoms with Crippen LogP contribution in [0.3, 0.4) is 0 Å². The highest BCUT2D eigenvalue weighted by molar-refractivity contribution is 6.16. The van der Waals surface area contributed by atoms with Gasteiger partial charge in [-0.15, -0.1) is 11.6 Å². The lowest BCUT2D eigenvalue weighted by atomic mass is 9.96. The minimum atomic E-state index is 0.429. The molecule has 0 N–H and O–H groups in total. The van der Waals surface area contributed by atoms with Gasteiger partial charge in [-0.2, -0.15) is 0 Å². The van der Waals surface area contributed by atoms with Crippen LogP contribution in [0, 0.1) is 5.92 Å². The molecule has 0 amide bonds. The standard InChI is InChI=1S/C13H21ClN4/c1-17(2)10-11-3-5-18(6-4-11)13-9-15-8-12(7-14)16-13/h8-9,11H,3-7,10H2,1-2H3. The van der Waals surface area contributed by atoms with Crippen LogP contribution in [0.5, 0.6) is 0 Å². The van der Waals surface area contributed by atoms with Crippen molar-refractivity contribution >= 4 is 17.4 Å². The maximum atomic E-state index is 5.79. The molecular weight excluding hydrogens is 248 g/mol. The third-order valence-electron chi connectivity index (χ3n) is 3.37. The van der Waals surface area contributed by atoms with Crippen LogP contribution in [-0.4, -0.2) is 48.6 Å². The average Bonchev–Trinajstić information content (AvgIpc) is 2.39. The highest BCUT2D eigenvalue weighted by atomic mass is 35.5. The van der Waals surface area contributed by atoms with Crippen molar-refractivity contribution in [1.29, 1.82) is 0 Å². The second kappa shape index (κ2) is 6.34. The molecule has 0 atom stereocenters. The topological polar surface area (TPSA) is 32.3 Å².